The van der Waals surface area contributed by atoms with Crippen molar-refractivity contribution in [2.24, 2.45) is 0 Å². The van der Waals surface area contributed by atoms with Crippen molar-refractivity contribution in [2.45, 2.75) is 13.1 Å². The molecule has 0 unspecified atom stereocenters. The first-order valence-electron chi connectivity index (χ1n) is 10.4. The summed E-state index contributed by atoms with van der Waals surface area (Å²) in [6.07, 6.45) is -1.06. The van der Waals surface area contributed by atoms with E-state index in [4.69, 9.17) is 9.47 Å². The Morgan fingerprint density at radius 1 is 1.17 bits per heavy atom. The van der Waals surface area contributed by atoms with E-state index in [1.54, 1.807) is 30.1 Å². The summed E-state index contributed by atoms with van der Waals surface area (Å²) in [5, 5.41) is 2.30. The second-order valence-corrected chi connectivity index (χ2v) is 7.31. The van der Waals surface area contributed by atoms with E-state index in [1.807, 2.05) is 0 Å². The van der Waals surface area contributed by atoms with E-state index in [1.165, 1.54) is 37.4 Å². The van der Waals surface area contributed by atoms with Gasteiger partial charge in [-0.05, 0) is 42.8 Å². The van der Waals surface area contributed by atoms with Crippen LogP contribution in [-0.4, -0.2) is 47.9 Å². The summed E-state index contributed by atoms with van der Waals surface area (Å²) >= 11 is 0. The molecular weight excluding hydrogens is 486 g/mol. The Kier molecular flexibility index (Phi) is 8.30. The van der Waals surface area contributed by atoms with Crippen LogP contribution in [-0.2, 0) is 14.3 Å². The van der Waals surface area contributed by atoms with E-state index in [0.29, 0.717) is 11.4 Å². The van der Waals surface area contributed by atoms with Crippen molar-refractivity contribution in [3.63, 3.8) is 0 Å². The number of nitrogens with one attached hydrogen (secondary N) is 1. The Labute approximate surface area is 203 Å². The molecule has 0 saturated carbocycles. The largest absolute Gasteiger partial charge is 0.495 e. The molecule has 0 aliphatic carbocycles. The fraction of sp³-hybridized carbons (Fsp3) is 0.208. The molecule has 0 aliphatic heterocycles. The zero-order valence-electron chi connectivity index (χ0n) is 19.1. The molecular formula is C24H21F4N3O5. The third kappa shape index (κ3) is 7.08. The first kappa shape index (κ1) is 26.3. The lowest BCUT2D eigenvalue weighted by atomic mass is 10.1. The van der Waals surface area contributed by atoms with E-state index < -0.39 is 29.6 Å². The lowest BCUT2D eigenvalue weighted by molar-refractivity contribution is -0.195. The van der Waals surface area contributed by atoms with Gasteiger partial charge in [-0.1, -0.05) is 12.1 Å². The zero-order chi connectivity index (χ0) is 26.3. The number of rotatable bonds is 9. The van der Waals surface area contributed by atoms with Crippen LogP contribution in [0.25, 0.3) is 11.8 Å². The molecule has 1 amide bonds. The molecule has 3 aromatic rings. The molecule has 36 heavy (non-hydrogen) atoms. The number of aryl methyl sites for hydroxylation is 1. The van der Waals surface area contributed by atoms with Gasteiger partial charge in [0.05, 0.1) is 31.4 Å². The highest BCUT2D eigenvalue weighted by Gasteiger charge is 2.42. The minimum absolute atomic E-state index is 0.122. The van der Waals surface area contributed by atoms with Gasteiger partial charge >= 0.3 is 12.1 Å². The quantitative estimate of drug-likeness (QED) is 0.155. The number of nitrogens with zero attached hydrogens (tertiary/aromatic N) is 2. The second kappa shape index (κ2) is 11.4. The number of methoxy groups -OCH3 is 1. The van der Waals surface area contributed by atoms with Crippen LogP contribution in [0.3, 0.4) is 0 Å². The zero-order valence-corrected chi connectivity index (χ0v) is 19.1. The molecule has 12 heteroatoms. The molecule has 0 bridgehead atoms. The highest BCUT2D eigenvalue weighted by Crippen LogP contribution is 2.26. The maximum Gasteiger partial charge on any atom is 0.491 e. The van der Waals surface area contributed by atoms with E-state index in [9.17, 15) is 27.2 Å². The highest BCUT2D eigenvalue weighted by molar-refractivity contribution is 5.98. The number of carbonyl (C=O) groups is 2. The Hall–Kier alpha value is -4.35. The standard InChI is InChI=1S/C24H21F4N3O5/c1-15-13-31(14-30-15)19-7-6-16(10-20(19)34-2)11-21(36-23(33)24(26,27)28)22(32)29-8-9-35-18-5-3-4-17(25)12-18/h3-7,10-14H,8-9H2,1-2H3,(H,29,32)/b21-11+. The lowest BCUT2D eigenvalue weighted by Crippen LogP contribution is -2.33. The molecule has 2 aromatic carbocycles. The van der Waals surface area contributed by atoms with Gasteiger partial charge in [0.25, 0.3) is 5.91 Å². The van der Waals surface area contributed by atoms with Gasteiger partial charge in [0, 0.05) is 12.3 Å². The highest BCUT2D eigenvalue weighted by atomic mass is 19.4. The second-order valence-electron chi connectivity index (χ2n) is 7.31. The molecule has 0 fully saturated rings. The Morgan fingerprint density at radius 3 is 2.58 bits per heavy atom. The molecule has 1 N–H and O–H groups in total. The van der Waals surface area contributed by atoms with Crippen LogP contribution in [0.5, 0.6) is 11.5 Å². The predicted octanol–water partition coefficient (Wildman–Crippen LogP) is 3.97. The van der Waals surface area contributed by atoms with E-state index in [0.717, 1.165) is 17.8 Å². The van der Waals surface area contributed by atoms with Crippen LogP contribution < -0.4 is 14.8 Å². The Morgan fingerprint density at radius 2 is 1.94 bits per heavy atom. The summed E-state index contributed by atoms with van der Waals surface area (Å²) in [5.41, 5.74) is 1.56. The molecule has 190 valence electrons. The molecule has 0 spiro atoms. The van der Waals surface area contributed by atoms with Crippen molar-refractivity contribution in [3.8, 4) is 17.2 Å². The summed E-state index contributed by atoms with van der Waals surface area (Å²) < 4.78 is 68.2. The van der Waals surface area contributed by atoms with Crippen molar-refractivity contribution in [1.82, 2.24) is 14.9 Å². The Bertz CT molecular complexity index is 1270. The molecule has 1 aromatic heterocycles. The van der Waals surface area contributed by atoms with Gasteiger partial charge in [0.15, 0.2) is 5.76 Å². The van der Waals surface area contributed by atoms with Crippen molar-refractivity contribution in [2.75, 3.05) is 20.3 Å². The number of amides is 1. The minimum atomic E-state index is -5.32. The van der Waals surface area contributed by atoms with Crippen LogP contribution in [0.2, 0.25) is 0 Å². The van der Waals surface area contributed by atoms with Crippen molar-refractivity contribution in [3.05, 3.63) is 77.8 Å². The summed E-state index contributed by atoms with van der Waals surface area (Å²) in [4.78, 5) is 28.1. The van der Waals surface area contributed by atoms with Crippen molar-refractivity contribution in [1.29, 1.82) is 0 Å². The van der Waals surface area contributed by atoms with Gasteiger partial charge in [0.1, 0.15) is 23.9 Å². The molecule has 8 nitrogen and oxygen atoms in total. The number of aromatic nitrogens is 2. The van der Waals surface area contributed by atoms with E-state index in [2.05, 4.69) is 15.0 Å². The summed E-state index contributed by atoms with van der Waals surface area (Å²) in [5.74, 6) is -4.54. The third-order valence-corrected chi connectivity index (χ3v) is 4.60. The van der Waals surface area contributed by atoms with E-state index in [-0.39, 0.29) is 24.5 Å². The van der Waals surface area contributed by atoms with Gasteiger partial charge in [0.2, 0.25) is 0 Å². The monoisotopic (exact) mass is 507 g/mol. The maximum absolute atomic E-state index is 13.2. The fourth-order valence-electron chi connectivity index (χ4n) is 2.98. The fourth-order valence-corrected chi connectivity index (χ4v) is 2.98. The molecule has 0 radical (unpaired) electrons. The third-order valence-electron chi connectivity index (χ3n) is 4.60. The SMILES string of the molecule is COc1cc(/C=C(/OC(=O)C(F)(F)F)C(=O)NCCOc2cccc(F)c2)ccc1-n1cnc(C)c1. The number of hydrogen-bond donors (Lipinski definition) is 1. The lowest BCUT2D eigenvalue weighted by Gasteiger charge is -2.13. The van der Waals surface area contributed by atoms with Gasteiger partial charge in [-0.2, -0.15) is 13.2 Å². The van der Waals surface area contributed by atoms with Gasteiger partial charge < -0.3 is 24.1 Å². The number of benzene rings is 2. The van der Waals surface area contributed by atoms with Gasteiger partial charge in [-0.15, -0.1) is 0 Å². The minimum Gasteiger partial charge on any atom is -0.495 e. The van der Waals surface area contributed by atoms with Crippen LogP contribution in [0, 0.1) is 12.7 Å². The average molecular weight is 507 g/mol. The van der Waals surface area contributed by atoms with Crippen LogP contribution >= 0.6 is 0 Å². The van der Waals surface area contributed by atoms with Crippen molar-refractivity contribution >= 4 is 18.0 Å². The van der Waals surface area contributed by atoms with Crippen molar-refractivity contribution < 1.29 is 41.4 Å². The van der Waals surface area contributed by atoms with Crippen LogP contribution in [0.15, 0.2) is 60.7 Å². The number of halogens is 4. The van der Waals surface area contributed by atoms with E-state index >= 15 is 0 Å². The molecule has 0 aliphatic rings. The van der Waals surface area contributed by atoms with Gasteiger partial charge in [-0.3, -0.25) is 4.79 Å². The molecule has 0 saturated heterocycles. The Balaban J connectivity index is 1.78. The summed E-state index contributed by atoms with van der Waals surface area (Å²) in [7, 11) is 1.39. The summed E-state index contributed by atoms with van der Waals surface area (Å²) in [6.45, 7) is 1.50. The number of carbonyl (C=O) groups excluding carboxylic acids is 2. The topological polar surface area (TPSA) is 91.7 Å². The van der Waals surface area contributed by atoms with Crippen LogP contribution in [0.1, 0.15) is 11.3 Å². The smallest absolute Gasteiger partial charge is 0.491 e. The number of esters is 1. The number of imidazole rings is 1. The number of hydrogen-bond acceptors (Lipinski definition) is 6. The molecule has 3 rings (SSSR count). The summed E-state index contributed by atoms with van der Waals surface area (Å²) in [6, 6.07) is 9.80. The number of alkyl halides is 3. The normalized spacial score (nSPS) is 11.7. The number of ether oxygens (including phenoxy) is 3. The molecule has 1 heterocycles. The average Bonchev–Trinajstić information content (AvgIpc) is 3.26. The first-order chi connectivity index (χ1) is 17.1. The predicted molar refractivity (Wildman–Crippen MR) is 120 cm³/mol. The first-order valence-corrected chi connectivity index (χ1v) is 10.4. The molecule has 0 atom stereocenters. The van der Waals surface area contributed by atoms with Gasteiger partial charge in [-0.25, -0.2) is 14.2 Å². The maximum atomic E-state index is 13.2. The van der Waals surface area contributed by atoms with Crippen LogP contribution in [0.4, 0.5) is 17.6 Å².